The number of thioether (sulfide) groups is 1. The maximum Gasteiger partial charge on any atom is 0.326 e. The van der Waals surface area contributed by atoms with Crippen molar-refractivity contribution in [3.63, 3.8) is 0 Å². The van der Waals surface area contributed by atoms with Gasteiger partial charge in [0.2, 0.25) is 35.4 Å². The number of carboxylic acids is 1. The molecule has 0 unspecified atom stereocenters. The molecule has 0 radical (unpaired) electrons. The first-order valence-corrected chi connectivity index (χ1v) is 14.2. The molecule has 0 rings (SSSR count). The zero-order valence-electron chi connectivity index (χ0n) is 23.2. The zero-order chi connectivity index (χ0) is 31.4. The highest BCUT2D eigenvalue weighted by Gasteiger charge is 2.25. The summed E-state index contributed by atoms with van der Waals surface area (Å²) in [5, 5.41) is 32.5. The molecule has 0 bridgehead atoms. The van der Waals surface area contributed by atoms with Crippen molar-refractivity contribution in [2.24, 2.45) is 11.5 Å². The van der Waals surface area contributed by atoms with Gasteiger partial charge >= 0.3 is 5.97 Å². The molecule has 0 aromatic heterocycles. The fourth-order valence-corrected chi connectivity index (χ4v) is 3.57. The van der Waals surface area contributed by atoms with E-state index in [9.17, 15) is 43.8 Å². The Labute approximate surface area is 242 Å². The van der Waals surface area contributed by atoms with E-state index in [1.54, 1.807) is 6.26 Å². The number of aliphatic carboxylic acids is 1. The van der Waals surface area contributed by atoms with Crippen molar-refractivity contribution in [2.45, 2.75) is 56.8 Å². The number of aliphatic hydroxyl groups is 1. The number of hydrogen-bond acceptors (Lipinski definition) is 11. The van der Waals surface area contributed by atoms with Gasteiger partial charge in [0.05, 0.1) is 32.3 Å². The number of carbonyl (C=O) groups excluding carboxylic acids is 6. The van der Waals surface area contributed by atoms with Crippen LogP contribution in [0.2, 0.25) is 0 Å². The first-order chi connectivity index (χ1) is 19.4. The van der Waals surface area contributed by atoms with Gasteiger partial charge in [0.1, 0.15) is 18.1 Å². The fourth-order valence-electron chi connectivity index (χ4n) is 3.09. The van der Waals surface area contributed by atoms with Gasteiger partial charge in [-0.3, -0.25) is 28.8 Å². The minimum Gasteiger partial charge on any atom is -0.480 e. The zero-order valence-corrected chi connectivity index (χ0v) is 24.0. The molecule has 6 amide bonds. The summed E-state index contributed by atoms with van der Waals surface area (Å²) in [5.74, 6) is -5.18. The molecule has 18 heteroatoms. The molecule has 12 N–H and O–H groups in total. The Balaban J connectivity index is 4.79. The van der Waals surface area contributed by atoms with Crippen molar-refractivity contribution in [3.05, 3.63) is 0 Å². The highest BCUT2D eigenvalue weighted by Crippen LogP contribution is 2.02. The molecule has 0 aliphatic rings. The van der Waals surface area contributed by atoms with Crippen LogP contribution in [0.3, 0.4) is 0 Å². The summed E-state index contributed by atoms with van der Waals surface area (Å²) in [6.07, 6.45) is 3.23. The van der Waals surface area contributed by atoms with Gasteiger partial charge in [0.15, 0.2) is 0 Å². The topological polar surface area (TPSA) is 284 Å². The van der Waals surface area contributed by atoms with Crippen LogP contribution in [-0.2, 0) is 33.6 Å². The highest BCUT2D eigenvalue weighted by molar-refractivity contribution is 7.98. The Morgan fingerprint density at radius 1 is 0.732 bits per heavy atom. The third-order valence-corrected chi connectivity index (χ3v) is 6.00. The summed E-state index contributed by atoms with van der Waals surface area (Å²) < 4.78 is 0. The molecule has 0 spiro atoms. The summed E-state index contributed by atoms with van der Waals surface area (Å²) in [4.78, 5) is 84.2. The Kier molecular flexibility index (Phi) is 19.5. The number of aliphatic hydroxyl groups excluding tert-OH is 1. The summed E-state index contributed by atoms with van der Waals surface area (Å²) in [5.41, 5.74) is 10.8. The third kappa shape index (κ3) is 17.1. The number of amides is 6. The molecule has 234 valence electrons. The number of carbonyl (C=O) groups is 7. The normalized spacial score (nSPS) is 13.5. The van der Waals surface area contributed by atoms with E-state index in [0.717, 1.165) is 0 Å². The van der Waals surface area contributed by atoms with E-state index >= 15 is 0 Å². The monoisotopic (exact) mass is 606 g/mol. The molecule has 0 saturated heterocycles. The summed E-state index contributed by atoms with van der Waals surface area (Å²) in [6, 6.07) is -4.47. The van der Waals surface area contributed by atoms with E-state index in [4.69, 9.17) is 11.5 Å². The summed E-state index contributed by atoms with van der Waals surface area (Å²) in [6.45, 7) is -0.620. The quantitative estimate of drug-likeness (QED) is 0.0550. The second-order valence-corrected chi connectivity index (χ2v) is 9.87. The molecule has 4 atom stereocenters. The summed E-state index contributed by atoms with van der Waals surface area (Å²) >= 11 is 1.42. The van der Waals surface area contributed by atoms with Crippen LogP contribution in [0.5, 0.6) is 0 Å². The van der Waals surface area contributed by atoms with Crippen molar-refractivity contribution in [3.8, 4) is 0 Å². The van der Waals surface area contributed by atoms with E-state index in [1.165, 1.54) is 18.7 Å². The largest absolute Gasteiger partial charge is 0.480 e. The van der Waals surface area contributed by atoms with Gasteiger partial charge in [0.25, 0.3) is 0 Å². The molecule has 0 heterocycles. The van der Waals surface area contributed by atoms with Crippen molar-refractivity contribution in [1.82, 2.24) is 31.9 Å². The molecule has 17 nitrogen and oxygen atoms in total. The number of rotatable bonds is 21. The molecule has 0 aliphatic carbocycles. The molecular weight excluding hydrogens is 564 g/mol. The van der Waals surface area contributed by atoms with E-state index in [-0.39, 0.29) is 12.8 Å². The lowest BCUT2D eigenvalue weighted by atomic mass is 10.1. The molecule has 0 aromatic carbocycles. The number of hydrogen-bond donors (Lipinski definition) is 10. The third-order valence-electron chi connectivity index (χ3n) is 5.36. The molecule has 41 heavy (non-hydrogen) atoms. The maximum atomic E-state index is 12.6. The Morgan fingerprint density at radius 3 is 1.63 bits per heavy atom. The van der Waals surface area contributed by atoms with E-state index in [2.05, 4.69) is 31.9 Å². The van der Waals surface area contributed by atoms with Crippen LogP contribution in [0.15, 0.2) is 0 Å². The summed E-state index contributed by atoms with van der Waals surface area (Å²) in [7, 11) is 0. The number of unbranched alkanes of at least 4 members (excludes halogenated alkanes) is 1. The number of nitrogens with two attached hydrogens (primary N) is 2. The van der Waals surface area contributed by atoms with Crippen LogP contribution in [0.1, 0.15) is 32.6 Å². The Bertz CT molecular complexity index is 906. The lowest BCUT2D eigenvalue weighted by molar-refractivity contribution is -0.142. The predicted molar refractivity (Wildman–Crippen MR) is 149 cm³/mol. The van der Waals surface area contributed by atoms with Gasteiger partial charge in [-0.05, 0) is 51.2 Å². The van der Waals surface area contributed by atoms with Gasteiger partial charge < -0.3 is 53.6 Å². The number of nitrogens with one attached hydrogen (secondary N) is 6. The van der Waals surface area contributed by atoms with Crippen molar-refractivity contribution in [2.75, 3.05) is 44.8 Å². The predicted octanol–water partition coefficient (Wildman–Crippen LogP) is -4.90. The van der Waals surface area contributed by atoms with Crippen molar-refractivity contribution in [1.29, 1.82) is 0 Å². The lowest BCUT2D eigenvalue weighted by Gasteiger charge is -2.20. The van der Waals surface area contributed by atoms with E-state index < -0.39 is 91.8 Å². The van der Waals surface area contributed by atoms with Crippen LogP contribution in [0.25, 0.3) is 0 Å². The standard InChI is InChI=1S/C23H42N8O9S/c1-13(25)20(36)26-9-17(33)29-14(6-8-41-2)21(37)27-11-19(35)31-16(12-32)22(38)28-10-18(34)30-15(23(39)40)5-3-4-7-24/h13-16,32H,3-12,24-25H2,1-2H3,(H,26,36)(H,27,37)(H,28,38)(H,29,33)(H,30,34)(H,31,35)(H,39,40)/t13-,14-,15-,16-/m0/s1. The van der Waals surface area contributed by atoms with Gasteiger partial charge in [0, 0.05) is 0 Å². The molecule has 0 saturated carbocycles. The average molecular weight is 607 g/mol. The van der Waals surface area contributed by atoms with Crippen molar-refractivity contribution >= 4 is 53.2 Å². The second-order valence-electron chi connectivity index (χ2n) is 8.89. The van der Waals surface area contributed by atoms with Gasteiger partial charge in [-0.25, -0.2) is 4.79 Å². The molecular formula is C23H42N8O9S. The van der Waals surface area contributed by atoms with Crippen molar-refractivity contribution < 1.29 is 43.8 Å². The molecule has 0 fully saturated rings. The fraction of sp³-hybridized carbons (Fsp3) is 0.696. The van der Waals surface area contributed by atoms with Crippen LogP contribution in [-0.4, -0.2) is 121 Å². The Hall–Kier alpha value is -3.48. The maximum absolute atomic E-state index is 12.6. The van der Waals surface area contributed by atoms with Gasteiger partial charge in [-0.2, -0.15) is 11.8 Å². The van der Waals surface area contributed by atoms with E-state index in [1.807, 2.05) is 0 Å². The first-order valence-electron chi connectivity index (χ1n) is 12.9. The molecule has 0 aromatic rings. The highest BCUT2D eigenvalue weighted by atomic mass is 32.2. The average Bonchev–Trinajstić information content (AvgIpc) is 2.93. The van der Waals surface area contributed by atoms with Crippen LogP contribution < -0.4 is 43.4 Å². The van der Waals surface area contributed by atoms with Gasteiger partial charge in [-0.15, -0.1) is 0 Å². The Morgan fingerprint density at radius 2 is 1.20 bits per heavy atom. The minimum atomic E-state index is -1.47. The second kappa shape index (κ2) is 21.3. The van der Waals surface area contributed by atoms with E-state index in [0.29, 0.717) is 25.1 Å². The van der Waals surface area contributed by atoms with Crippen LogP contribution >= 0.6 is 11.8 Å². The van der Waals surface area contributed by atoms with Crippen LogP contribution in [0, 0.1) is 0 Å². The first kappa shape index (κ1) is 37.5. The number of carboxylic acid groups (broad SMARTS) is 1. The molecule has 0 aliphatic heterocycles. The van der Waals surface area contributed by atoms with Gasteiger partial charge in [-0.1, -0.05) is 0 Å². The van der Waals surface area contributed by atoms with Crippen LogP contribution in [0.4, 0.5) is 0 Å². The minimum absolute atomic E-state index is 0.152. The smallest absolute Gasteiger partial charge is 0.326 e. The lowest BCUT2D eigenvalue weighted by Crippen LogP contribution is -2.55. The SMILES string of the molecule is CSCC[C@H](NC(=O)CNC(=O)[C@H](C)N)C(=O)NCC(=O)N[C@@H](CO)C(=O)NCC(=O)N[C@@H](CCCCN)C(=O)O.